The molecule has 2 rings (SSSR count). The van der Waals surface area contributed by atoms with Crippen LogP contribution < -0.4 is 5.32 Å². The maximum absolute atomic E-state index is 9.09. The van der Waals surface area contributed by atoms with E-state index in [1.54, 1.807) is 0 Å². The largest absolute Gasteiger partial charge is 0.372 e. The Morgan fingerprint density at radius 2 is 2.07 bits per heavy atom. The number of nitrogens with zero attached hydrogens (tertiary/aromatic N) is 2. The SMILES string of the molecule is CNC(C)(C#N)CN1CC2CCC(C1)O2. The van der Waals surface area contributed by atoms with Crippen LogP contribution in [0.1, 0.15) is 19.8 Å². The molecule has 0 radical (unpaired) electrons. The van der Waals surface area contributed by atoms with Crippen molar-refractivity contribution in [3.8, 4) is 6.07 Å². The molecule has 3 atom stereocenters. The van der Waals surface area contributed by atoms with E-state index < -0.39 is 5.54 Å². The molecule has 2 aliphatic heterocycles. The first-order valence-corrected chi connectivity index (χ1v) is 5.63. The average Bonchev–Trinajstić information content (AvgIpc) is 2.58. The molecule has 0 spiro atoms. The molecule has 0 aromatic carbocycles. The Morgan fingerprint density at radius 3 is 2.53 bits per heavy atom. The summed E-state index contributed by atoms with van der Waals surface area (Å²) in [6.07, 6.45) is 3.18. The number of hydrogen-bond acceptors (Lipinski definition) is 4. The molecule has 1 N–H and O–H groups in total. The summed E-state index contributed by atoms with van der Waals surface area (Å²) in [5.74, 6) is 0. The summed E-state index contributed by atoms with van der Waals surface area (Å²) in [7, 11) is 1.85. The van der Waals surface area contributed by atoms with E-state index in [0.29, 0.717) is 12.2 Å². The lowest BCUT2D eigenvalue weighted by atomic mass is 10.0. The highest BCUT2D eigenvalue weighted by molar-refractivity contribution is 5.06. The van der Waals surface area contributed by atoms with Gasteiger partial charge in [0, 0.05) is 19.6 Å². The first-order valence-electron chi connectivity index (χ1n) is 5.63. The maximum Gasteiger partial charge on any atom is 0.116 e. The zero-order valence-corrected chi connectivity index (χ0v) is 9.49. The van der Waals surface area contributed by atoms with E-state index in [4.69, 9.17) is 10.00 Å². The topological polar surface area (TPSA) is 48.3 Å². The Labute approximate surface area is 91.2 Å². The van der Waals surface area contributed by atoms with Gasteiger partial charge in [-0.2, -0.15) is 5.26 Å². The number of likely N-dealkylation sites (N-methyl/N-ethyl adjacent to an activating group) is 1. The Bertz CT molecular complexity index is 263. The molecule has 0 aromatic heterocycles. The van der Waals surface area contributed by atoms with Gasteiger partial charge in [-0.1, -0.05) is 0 Å². The van der Waals surface area contributed by atoms with Crippen LogP contribution in [0.4, 0.5) is 0 Å². The van der Waals surface area contributed by atoms with Crippen LogP contribution in [0.25, 0.3) is 0 Å². The summed E-state index contributed by atoms with van der Waals surface area (Å²) in [5.41, 5.74) is -0.434. The van der Waals surface area contributed by atoms with Crippen LogP contribution >= 0.6 is 0 Å². The molecule has 15 heavy (non-hydrogen) atoms. The summed E-state index contributed by atoms with van der Waals surface area (Å²) >= 11 is 0. The lowest BCUT2D eigenvalue weighted by Gasteiger charge is -2.36. The summed E-state index contributed by atoms with van der Waals surface area (Å²) in [5, 5.41) is 12.2. The standard InChI is InChI=1S/C11H19N3O/c1-11(7-12,13-2)8-14-5-9-3-4-10(6-14)15-9/h9-10,13H,3-6,8H2,1-2H3. The van der Waals surface area contributed by atoms with E-state index >= 15 is 0 Å². The molecule has 84 valence electrons. The Balaban J connectivity index is 1.93. The van der Waals surface area contributed by atoms with Crippen molar-refractivity contribution >= 4 is 0 Å². The third-order valence-corrected chi connectivity index (χ3v) is 3.46. The summed E-state index contributed by atoms with van der Waals surface area (Å²) in [6.45, 7) is 4.70. The van der Waals surface area contributed by atoms with Gasteiger partial charge in [0.1, 0.15) is 5.54 Å². The van der Waals surface area contributed by atoms with Crippen molar-refractivity contribution in [2.75, 3.05) is 26.7 Å². The normalized spacial score (nSPS) is 34.7. The average molecular weight is 209 g/mol. The molecule has 2 fully saturated rings. The van der Waals surface area contributed by atoms with Gasteiger partial charge in [0.05, 0.1) is 18.3 Å². The first-order chi connectivity index (χ1) is 7.15. The number of hydrogen-bond donors (Lipinski definition) is 1. The molecular weight excluding hydrogens is 190 g/mol. The second kappa shape index (κ2) is 4.09. The van der Waals surface area contributed by atoms with Gasteiger partial charge in [-0.05, 0) is 26.8 Å². The molecule has 2 bridgehead atoms. The van der Waals surface area contributed by atoms with Crippen LogP contribution in [0.2, 0.25) is 0 Å². The molecule has 2 saturated heterocycles. The second-order valence-corrected chi connectivity index (χ2v) is 4.85. The molecule has 0 aromatic rings. The van der Waals surface area contributed by atoms with Crippen LogP contribution in [0, 0.1) is 11.3 Å². The fourth-order valence-electron chi connectivity index (χ4n) is 2.45. The quantitative estimate of drug-likeness (QED) is 0.728. The Kier molecular flexibility index (Phi) is 2.96. The lowest BCUT2D eigenvalue weighted by Crippen LogP contribution is -2.53. The highest BCUT2D eigenvalue weighted by Gasteiger charge is 2.36. The van der Waals surface area contributed by atoms with Crippen molar-refractivity contribution < 1.29 is 4.74 Å². The molecule has 2 aliphatic rings. The monoisotopic (exact) mass is 209 g/mol. The van der Waals surface area contributed by atoms with Gasteiger partial charge in [-0.15, -0.1) is 0 Å². The third kappa shape index (κ3) is 2.31. The number of nitrogens with one attached hydrogen (secondary N) is 1. The van der Waals surface area contributed by atoms with E-state index in [1.165, 1.54) is 12.8 Å². The lowest BCUT2D eigenvalue weighted by molar-refractivity contribution is -0.0424. The molecule has 0 aliphatic carbocycles. The van der Waals surface area contributed by atoms with Crippen molar-refractivity contribution in [1.82, 2.24) is 10.2 Å². The van der Waals surface area contributed by atoms with Crippen LogP contribution in [-0.4, -0.2) is 49.3 Å². The predicted octanol–water partition coefficient (Wildman–Crippen LogP) is 0.351. The van der Waals surface area contributed by atoms with E-state index in [2.05, 4.69) is 16.3 Å². The van der Waals surface area contributed by atoms with Gasteiger partial charge in [0.2, 0.25) is 0 Å². The van der Waals surface area contributed by atoms with Gasteiger partial charge < -0.3 is 10.1 Å². The van der Waals surface area contributed by atoms with Crippen LogP contribution in [0.5, 0.6) is 0 Å². The van der Waals surface area contributed by atoms with Crippen molar-refractivity contribution in [3.05, 3.63) is 0 Å². The van der Waals surface area contributed by atoms with Crippen molar-refractivity contribution in [1.29, 1.82) is 5.26 Å². The fourth-order valence-corrected chi connectivity index (χ4v) is 2.45. The number of nitriles is 1. The maximum atomic E-state index is 9.09. The predicted molar refractivity (Wildman–Crippen MR) is 57.4 cm³/mol. The van der Waals surface area contributed by atoms with E-state index in [-0.39, 0.29) is 0 Å². The zero-order valence-electron chi connectivity index (χ0n) is 9.49. The third-order valence-electron chi connectivity index (χ3n) is 3.46. The first kappa shape index (κ1) is 10.9. The van der Waals surface area contributed by atoms with Crippen molar-refractivity contribution in [2.45, 2.75) is 37.5 Å². The zero-order chi connectivity index (χ0) is 10.9. The summed E-state index contributed by atoms with van der Waals surface area (Å²) < 4.78 is 5.76. The summed E-state index contributed by atoms with van der Waals surface area (Å²) in [4.78, 5) is 2.35. The number of morpholine rings is 1. The summed E-state index contributed by atoms with van der Waals surface area (Å²) in [6, 6.07) is 2.33. The van der Waals surface area contributed by atoms with Crippen LogP contribution in [-0.2, 0) is 4.74 Å². The number of ether oxygens (including phenoxy) is 1. The number of fused-ring (bicyclic) bond motifs is 2. The minimum atomic E-state index is -0.434. The van der Waals surface area contributed by atoms with E-state index in [0.717, 1.165) is 19.6 Å². The molecule has 3 unspecified atom stereocenters. The molecule has 4 heteroatoms. The van der Waals surface area contributed by atoms with Gasteiger partial charge in [0.15, 0.2) is 0 Å². The van der Waals surface area contributed by atoms with Gasteiger partial charge >= 0.3 is 0 Å². The molecule has 0 amide bonds. The molecular formula is C11H19N3O. The van der Waals surface area contributed by atoms with Gasteiger partial charge in [-0.25, -0.2) is 0 Å². The molecule has 4 nitrogen and oxygen atoms in total. The Morgan fingerprint density at radius 1 is 1.47 bits per heavy atom. The van der Waals surface area contributed by atoms with Crippen LogP contribution in [0.15, 0.2) is 0 Å². The number of likely N-dealkylation sites (tertiary alicyclic amines) is 1. The van der Waals surface area contributed by atoms with Crippen molar-refractivity contribution in [2.24, 2.45) is 0 Å². The van der Waals surface area contributed by atoms with E-state index in [9.17, 15) is 0 Å². The Hall–Kier alpha value is -0.630. The molecule has 0 saturated carbocycles. The minimum Gasteiger partial charge on any atom is -0.372 e. The van der Waals surface area contributed by atoms with Crippen LogP contribution in [0.3, 0.4) is 0 Å². The number of rotatable bonds is 3. The van der Waals surface area contributed by atoms with E-state index in [1.807, 2.05) is 14.0 Å². The fraction of sp³-hybridized carbons (Fsp3) is 0.909. The van der Waals surface area contributed by atoms with Crippen molar-refractivity contribution in [3.63, 3.8) is 0 Å². The second-order valence-electron chi connectivity index (χ2n) is 4.85. The highest BCUT2D eigenvalue weighted by atomic mass is 16.5. The van der Waals surface area contributed by atoms with Gasteiger partial charge in [0.25, 0.3) is 0 Å². The highest BCUT2D eigenvalue weighted by Crippen LogP contribution is 2.26. The minimum absolute atomic E-state index is 0.406. The molecule has 2 heterocycles. The van der Waals surface area contributed by atoms with Gasteiger partial charge in [-0.3, -0.25) is 4.90 Å². The smallest absolute Gasteiger partial charge is 0.116 e.